The Balaban J connectivity index is 0.00000289. The number of rotatable bonds is 4. The van der Waals surface area contributed by atoms with Crippen molar-refractivity contribution in [3.63, 3.8) is 0 Å². The minimum atomic E-state index is -2.20. The van der Waals surface area contributed by atoms with Crippen LogP contribution in [0, 0.1) is 6.92 Å². The molecule has 0 saturated heterocycles. The van der Waals surface area contributed by atoms with Crippen LogP contribution in [0.15, 0.2) is 24.3 Å². The van der Waals surface area contributed by atoms with Crippen LogP contribution in [0.2, 0.25) is 0 Å². The first-order valence-electron chi connectivity index (χ1n) is 4.79. The van der Waals surface area contributed by atoms with Gasteiger partial charge < -0.3 is 25.5 Å². The van der Waals surface area contributed by atoms with Gasteiger partial charge in [0.05, 0.1) is 0 Å². The van der Waals surface area contributed by atoms with Gasteiger partial charge in [-0.15, -0.1) is 0 Å². The van der Waals surface area contributed by atoms with Gasteiger partial charge in [-0.2, -0.15) is 0 Å². The SMILES string of the molecule is Cc1ccccc1OC(=O)C(O)C(O)C(=O)O.O. The number of hydrogen-bond acceptors (Lipinski definition) is 5. The predicted octanol–water partition coefficient (Wildman–Crippen LogP) is -1.12. The molecule has 0 heterocycles. The van der Waals surface area contributed by atoms with E-state index >= 15 is 0 Å². The fourth-order valence-corrected chi connectivity index (χ4v) is 1.10. The van der Waals surface area contributed by atoms with Gasteiger partial charge >= 0.3 is 11.9 Å². The maximum Gasteiger partial charge on any atom is 0.343 e. The number of aryl methyl sites for hydroxylation is 1. The summed E-state index contributed by atoms with van der Waals surface area (Å²) in [5.41, 5.74) is 0.651. The van der Waals surface area contributed by atoms with Gasteiger partial charge in [0.25, 0.3) is 0 Å². The van der Waals surface area contributed by atoms with E-state index < -0.39 is 24.1 Å². The van der Waals surface area contributed by atoms with E-state index in [2.05, 4.69) is 0 Å². The molecule has 0 aromatic heterocycles. The molecule has 1 rings (SSSR count). The number of carbonyl (C=O) groups is 2. The van der Waals surface area contributed by atoms with Gasteiger partial charge in [-0.05, 0) is 18.6 Å². The molecule has 7 heteroatoms. The second kappa shape index (κ2) is 6.70. The summed E-state index contributed by atoms with van der Waals surface area (Å²) in [4.78, 5) is 21.7. The van der Waals surface area contributed by atoms with E-state index in [1.54, 1.807) is 25.1 Å². The third-order valence-corrected chi connectivity index (χ3v) is 2.10. The van der Waals surface area contributed by atoms with Crippen molar-refractivity contribution in [1.82, 2.24) is 0 Å². The monoisotopic (exact) mass is 258 g/mol. The topological polar surface area (TPSA) is 136 Å². The second-order valence-corrected chi connectivity index (χ2v) is 3.41. The number of esters is 1. The van der Waals surface area contributed by atoms with Crippen molar-refractivity contribution in [3.05, 3.63) is 29.8 Å². The maximum absolute atomic E-state index is 11.3. The number of carbonyl (C=O) groups excluding carboxylic acids is 1. The number of benzene rings is 1. The predicted molar refractivity (Wildman–Crippen MR) is 60.1 cm³/mol. The Morgan fingerprint density at radius 3 is 2.22 bits per heavy atom. The third-order valence-electron chi connectivity index (χ3n) is 2.10. The average Bonchev–Trinajstić information content (AvgIpc) is 2.30. The zero-order valence-corrected chi connectivity index (χ0v) is 9.53. The lowest BCUT2D eigenvalue weighted by Gasteiger charge is -2.13. The molecule has 0 saturated carbocycles. The summed E-state index contributed by atoms with van der Waals surface area (Å²) < 4.78 is 4.77. The van der Waals surface area contributed by atoms with Crippen LogP contribution < -0.4 is 4.74 Å². The highest BCUT2D eigenvalue weighted by molar-refractivity contribution is 5.85. The Kier molecular flexibility index (Phi) is 5.97. The summed E-state index contributed by atoms with van der Waals surface area (Å²) in [6.07, 6.45) is -4.32. The average molecular weight is 258 g/mol. The summed E-state index contributed by atoms with van der Waals surface area (Å²) in [6.45, 7) is 1.68. The van der Waals surface area contributed by atoms with Crippen molar-refractivity contribution < 1.29 is 35.1 Å². The molecule has 18 heavy (non-hydrogen) atoms. The largest absolute Gasteiger partial charge is 0.479 e. The first-order chi connectivity index (χ1) is 7.93. The molecule has 2 atom stereocenters. The van der Waals surface area contributed by atoms with Gasteiger partial charge in [0.1, 0.15) is 5.75 Å². The smallest absolute Gasteiger partial charge is 0.343 e. The Labute approximate surface area is 103 Å². The molecule has 0 aliphatic heterocycles. The van der Waals surface area contributed by atoms with Gasteiger partial charge in [0.15, 0.2) is 12.2 Å². The Morgan fingerprint density at radius 2 is 1.72 bits per heavy atom. The Bertz CT molecular complexity index is 429. The van der Waals surface area contributed by atoms with E-state index in [4.69, 9.17) is 14.9 Å². The van der Waals surface area contributed by atoms with Crippen LogP contribution in [-0.4, -0.2) is 44.9 Å². The van der Waals surface area contributed by atoms with Crippen molar-refractivity contribution in [2.24, 2.45) is 0 Å². The van der Waals surface area contributed by atoms with Crippen LogP contribution in [0.25, 0.3) is 0 Å². The van der Waals surface area contributed by atoms with E-state index in [0.717, 1.165) is 0 Å². The number of carboxylic acid groups (broad SMARTS) is 1. The number of aliphatic hydroxyl groups excluding tert-OH is 2. The molecule has 0 bridgehead atoms. The first kappa shape index (κ1) is 16.0. The molecular formula is C11H14O7. The summed E-state index contributed by atoms with van der Waals surface area (Å²) in [5, 5.41) is 26.6. The highest BCUT2D eigenvalue weighted by Gasteiger charge is 2.31. The number of aliphatic carboxylic acids is 1. The van der Waals surface area contributed by atoms with E-state index in [9.17, 15) is 14.7 Å². The van der Waals surface area contributed by atoms with E-state index in [0.29, 0.717) is 5.56 Å². The Hall–Kier alpha value is -1.96. The minimum absolute atomic E-state index is 0. The molecule has 0 aliphatic carbocycles. The molecule has 0 aliphatic rings. The molecule has 1 aromatic carbocycles. The molecular weight excluding hydrogens is 244 g/mol. The number of aliphatic hydroxyl groups is 2. The van der Waals surface area contributed by atoms with Gasteiger partial charge in [-0.25, -0.2) is 9.59 Å². The zero-order valence-electron chi connectivity index (χ0n) is 9.53. The lowest BCUT2D eigenvalue weighted by atomic mass is 10.2. The van der Waals surface area contributed by atoms with Gasteiger partial charge in [-0.3, -0.25) is 0 Å². The maximum atomic E-state index is 11.3. The van der Waals surface area contributed by atoms with Crippen molar-refractivity contribution in [2.75, 3.05) is 0 Å². The van der Waals surface area contributed by atoms with Gasteiger partial charge in [0.2, 0.25) is 0 Å². The van der Waals surface area contributed by atoms with Crippen molar-refractivity contribution >= 4 is 11.9 Å². The molecule has 2 unspecified atom stereocenters. The van der Waals surface area contributed by atoms with E-state index in [1.165, 1.54) is 6.07 Å². The number of para-hydroxylation sites is 1. The fourth-order valence-electron chi connectivity index (χ4n) is 1.10. The summed E-state index contributed by atoms with van der Waals surface area (Å²) >= 11 is 0. The molecule has 0 fully saturated rings. The molecule has 5 N–H and O–H groups in total. The quantitative estimate of drug-likeness (QED) is 0.462. The van der Waals surface area contributed by atoms with Crippen LogP contribution in [0.4, 0.5) is 0 Å². The minimum Gasteiger partial charge on any atom is -0.479 e. The highest BCUT2D eigenvalue weighted by atomic mass is 16.6. The number of carboxylic acids is 1. The van der Waals surface area contributed by atoms with Crippen molar-refractivity contribution in [2.45, 2.75) is 19.1 Å². The van der Waals surface area contributed by atoms with Crippen LogP contribution in [0.1, 0.15) is 5.56 Å². The van der Waals surface area contributed by atoms with Crippen molar-refractivity contribution in [3.8, 4) is 5.75 Å². The van der Waals surface area contributed by atoms with Gasteiger partial charge in [0, 0.05) is 0 Å². The molecule has 100 valence electrons. The fraction of sp³-hybridized carbons (Fsp3) is 0.273. The van der Waals surface area contributed by atoms with E-state index in [-0.39, 0.29) is 11.2 Å². The molecule has 0 radical (unpaired) electrons. The lowest BCUT2D eigenvalue weighted by Crippen LogP contribution is -2.41. The van der Waals surface area contributed by atoms with Crippen LogP contribution in [0.3, 0.4) is 0 Å². The summed E-state index contributed by atoms with van der Waals surface area (Å²) in [7, 11) is 0. The van der Waals surface area contributed by atoms with Gasteiger partial charge in [-0.1, -0.05) is 18.2 Å². The second-order valence-electron chi connectivity index (χ2n) is 3.41. The molecule has 1 aromatic rings. The first-order valence-corrected chi connectivity index (χ1v) is 4.79. The van der Waals surface area contributed by atoms with Crippen LogP contribution in [0.5, 0.6) is 5.75 Å². The standard InChI is InChI=1S/C11H12O6.H2O/c1-6-4-2-3-5-7(6)17-11(16)9(13)8(12)10(14)15;/h2-5,8-9,12-13H,1H3,(H,14,15);1H2. The normalized spacial score (nSPS) is 13.1. The molecule has 0 spiro atoms. The number of hydrogen-bond donors (Lipinski definition) is 3. The van der Waals surface area contributed by atoms with Crippen LogP contribution in [-0.2, 0) is 9.59 Å². The van der Waals surface area contributed by atoms with Crippen LogP contribution >= 0.6 is 0 Å². The molecule has 7 nitrogen and oxygen atoms in total. The number of ether oxygens (including phenoxy) is 1. The van der Waals surface area contributed by atoms with Crippen molar-refractivity contribution in [1.29, 1.82) is 0 Å². The lowest BCUT2D eigenvalue weighted by molar-refractivity contribution is -0.164. The Morgan fingerprint density at radius 1 is 1.17 bits per heavy atom. The summed E-state index contributed by atoms with van der Waals surface area (Å²) in [6, 6.07) is 6.53. The highest BCUT2D eigenvalue weighted by Crippen LogP contribution is 2.17. The molecule has 0 amide bonds. The zero-order chi connectivity index (χ0) is 13.0. The summed E-state index contributed by atoms with van der Waals surface area (Å²) in [5.74, 6) is -2.71. The van der Waals surface area contributed by atoms with E-state index in [1.807, 2.05) is 0 Å². The third kappa shape index (κ3) is 3.81.